The Hall–Kier alpha value is -2.28. The number of carbonyl (C=O) groups excluding carboxylic acids is 1. The maximum Gasteiger partial charge on any atom is 0.224 e. The summed E-state index contributed by atoms with van der Waals surface area (Å²) >= 11 is 0. The van der Waals surface area contributed by atoms with Crippen LogP contribution in [0, 0.1) is 6.92 Å². The number of aromatic nitrogens is 4. The van der Waals surface area contributed by atoms with Gasteiger partial charge in [-0.2, -0.15) is 5.10 Å². The van der Waals surface area contributed by atoms with Crippen LogP contribution in [0.1, 0.15) is 42.4 Å². The Morgan fingerprint density at radius 2 is 2.35 bits per heavy atom. The molecule has 1 aliphatic heterocycles. The highest BCUT2D eigenvalue weighted by molar-refractivity contribution is 5.90. The lowest BCUT2D eigenvalue weighted by Gasteiger charge is -2.22. The first-order valence-electron chi connectivity index (χ1n) is 8.04. The van der Waals surface area contributed by atoms with Gasteiger partial charge >= 0.3 is 0 Å². The van der Waals surface area contributed by atoms with Gasteiger partial charge in [0, 0.05) is 36.5 Å². The van der Waals surface area contributed by atoms with E-state index in [1.54, 1.807) is 12.4 Å². The van der Waals surface area contributed by atoms with Crippen LogP contribution < -0.4 is 10.6 Å². The number of nitrogens with one attached hydrogen (secondary N) is 3. The lowest BCUT2D eigenvalue weighted by molar-refractivity contribution is -0.116. The number of hydrogen-bond donors (Lipinski definition) is 3. The quantitative estimate of drug-likeness (QED) is 0.778. The van der Waals surface area contributed by atoms with Gasteiger partial charge in [-0.3, -0.25) is 9.89 Å². The monoisotopic (exact) mass is 314 g/mol. The first-order chi connectivity index (χ1) is 11.2. The zero-order valence-corrected chi connectivity index (χ0v) is 13.3. The molecule has 3 heterocycles. The van der Waals surface area contributed by atoms with Crippen molar-refractivity contribution in [2.75, 3.05) is 18.4 Å². The van der Waals surface area contributed by atoms with Gasteiger partial charge in [0.25, 0.3) is 0 Å². The van der Waals surface area contributed by atoms with Crippen LogP contribution in [-0.4, -0.2) is 39.2 Å². The largest absolute Gasteiger partial charge is 0.323 e. The summed E-state index contributed by atoms with van der Waals surface area (Å²) in [5.74, 6) is 1.24. The van der Waals surface area contributed by atoms with Crippen molar-refractivity contribution in [1.29, 1.82) is 0 Å². The van der Waals surface area contributed by atoms with Crippen molar-refractivity contribution in [1.82, 2.24) is 25.5 Å². The van der Waals surface area contributed by atoms with Crippen LogP contribution in [0.4, 0.5) is 5.69 Å². The third-order valence-corrected chi connectivity index (χ3v) is 3.98. The fourth-order valence-electron chi connectivity index (χ4n) is 2.83. The van der Waals surface area contributed by atoms with E-state index < -0.39 is 0 Å². The Morgan fingerprint density at radius 1 is 1.43 bits per heavy atom. The average Bonchev–Trinajstić information content (AvgIpc) is 3.06. The van der Waals surface area contributed by atoms with Crippen LogP contribution >= 0.6 is 0 Å². The van der Waals surface area contributed by atoms with Crippen molar-refractivity contribution in [3.63, 3.8) is 0 Å². The third kappa shape index (κ3) is 4.35. The van der Waals surface area contributed by atoms with E-state index in [2.05, 4.69) is 30.8 Å². The number of nitrogens with zero attached hydrogens (tertiary/aromatic N) is 3. The van der Waals surface area contributed by atoms with Gasteiger partial charge in [0.15, 0.2) is 0 Å². The zero-order chi connectivity index (χ0) is 16.1. The second-order valence-electron chi connectivity index (χ2n) is 5.94. The van der Waals surface area contributed by atoms with E-state index in [1.807, 2.05) is 13.0 Å². The summed E-state index contributed by atoms with van der Waals surface area (Å²) in [6.07, 6.45) is 6.52. The lowest BCUT2D eigenvalue weighted by atomic mass is 9.98. The minimum atomic E-state index is -0.0384. The molecule has 23 heavy (non-hydrogen) atoms. The fraction of sp³-hybridized carbons (Fsp3) is 0.500. The van der Waals surface area contributed by atoms with Crippen LogP contribution in [0.25, 0.3) is 0 Å². The molecule has 3 rings (SSSR count). The van der Waals surface area contributed by atoms with Gasteiger partial charge in [-0.25, -0.2) is 9.97 Å². The molecule has 0 spiro atoms. The standard InChI is InChI=1S/C16H22N6O/c1-11-7-13(4-5-15(23)21-14-9-18-19-10-14)22-16(20-11)12-3-2-6-17-8-12/h7,9-10,12,17H,2-6,8H2,1H3,(H,18,19)(H,21,23). The van der Waals surface area contributed by atoms with Gasteiger partial charge in [0.05, 0.1) is 11.9 Å². The van der Waals surface area contributed by atoms with E-state index >= 15 is 0 Å². The van der Waals surface area contributed by atoms with Crippen LogP contribution in [0.2, 0.25) is 0 Å². The highest BCUT2D eigenvalue weighted by Crippen LogP contribution is 2.20. The molecule has 0 saturated carbocycles. The highest BCUT2D eigenvalue weighted by Gasteiger charge is 2.18. The van der Waals surface area contributed by atoms with Gasteiger partial charge in [0.2, 0.25) is 5.91 Å². The van der Waals surface area contributed by atoms with E-state index in [4.69, 9.17) is 0 Å². The van der Waals surface area contributed by atoms with Crippen LogP contribution in [-0.2, 0) is 11.2 Å². The number of aromatic amines is 1. The second kappa shape index (κ2) is 7.32. The van der Waals surface area contributed by atoms with Gasteiger partial charge < -0.3 is 10.6 Å². The van der Waals surface area contributed by atoms with E-state index in [-0.39, 0.29) is 5.91 Å². The predicted molar refractivity (Wildman–Crippen MR) is 87.2 cm³/mol. The Kier molecular flexibility index (Phi) is 4.97. The predicted octanol–water partition coefficient (Wildman–Crippen LogP) is 1.55. The molecule has 7 heteroatoms. The van der Waals surface area contributed by atoms with Crippen molar-refractivity contribution in [3.05, 3.63) is 35.7 Å². The number of hydrogen-bond acceptors (Lipinski definition) is 5. The molecule has 0 aliphatic carbocycles. The molecular formula is C16H22N6O. The Morgan fingerprint density at radius 3 is 3.09 bits per heavy atom. The molecule has 2 aromatic rings. The molecule has 1 fully saturated rings. The molecule has 3 N–H and O–H groups in total. The smallest absolute Gasteiger partial charge is 0.224 e. The molecule has 7 nitrogen and oxygen atoms in total. The van der Waals surface area contributed by atoms with Crippen molar-refractivity contribution in [2.24, 2.45) is 0 Å². The van der Waals surface area contributed by atoms with Gasteiger partial charge in [-0.1, -0.05) is 0 Å². The summed E-state index contributed by atoms with van der Waals surface area (Å²) in [6, 6.07) is 1.96. The topological polar surface area (TPSA) is 95.6 Å². The Balaban J connectivity index is 1.60. The summed E-state index contributed by atoms with van der Waals surface area (Å²) in [5.41, 5.74) is 2.58. The van der Waals surface area contributed by atoms with E-state index in [9.17, 15) is 4.79 Å². The third-order valence-electron chi connectivity index (χ3n) is 3.98. The normalized spacial score (nSPS) is 17.9. The summed E-state index contributed by atoms with van der Waals surface area (Å²) in [6.45, 7) is 3.99. The molecule has 122 valence electrons. The van der Waals surface area contributed by atoms with Crippen molar-refractivity contribution in [2.45, 2.75) is 38.5 Å². The summed E-state index contributed by atoms with van der Waals surface area (Å²) in [5, 5.41) is 12.7. The minimum Gasteiger partial charge on any atom is -0.323 e. The maximum absolute atomic E-state index is 11.9. The highest BCUT2D eigenvalue weighted by atomic mass is 16.1. The lowest BCUT2D eigenvalue weighted by Crippen LogP contribution is -2.29. The van der Waals surface area contributed by atoms with E-state index in [1.165, 1.54) is 0 Å². The van der Waals surface area contributed by atoms with E-state index in [0.29, 0.717) is 24.4 Å². The van der Waals surface area contributed by atoms with Crippen molar-refractivity contribution < 1.29 is 4.79 Å². The number of piperidine rings is 1. The minimum absolute atomic E-state index is 0.0384. The van der Waals surface area contributed by atoms with Crippen molar-refractivity contribution in [3.8, 4) is 0 Å². The first kappa shape index (κ1) is 15.6. The number of H-pyrrole nitrogens is 1. The molecule has 1 unspecified atom stereocenters. The van der Waals surface area contributed by atoms with Gasteiger partial charge in [-0.05, 0) is 38.8 Å². The van der Waals surface area contributed by atoms with Crippen LogP contribution in [0.5, 0.6) is 0 Å². The molecule has 1 aliphatic rings. The first-order valence-corrected chi connectivity index (χ1v) is 8.04. The van der Waals surface area contributed by atoms with Gasteiger partial charge in [0.1, 0.15) is 5.82 Å². The number of anilines is 1. The molecule has 0 bridgehead atoms. The zero-order valence-electron chi connectivity index (χ0n) is 13.3. The van der Waals surface area contributed by atoms with Crippen LogP contribution in [0.3, 0.4) is 0 Å². The maximum atomic E-state index is 11.9. The molecule has 1 saturated heterocycles. The molecule has 1 atom stereocenters. The number of carbonyl (C=O) groups is 1. The van der Waals surface area contributed by atoms with Crippen LogP contribution in [0.15, 0.2) is 18.5 Å². The SMILES string of the molecule is Cc1cc(CCC(=O)Nc2cn[nH]c2)nc(C2CCCNC2)n1. The van der Waals surface area contributed by atoms with Gasteiger partial charge in [-0.15, -0.1) is 0 Å². The molecule has 1 amide bonds. The fourth-order valence-corrected chi connectivity index (χ4v) is 2.83. The number of amides is 1. The summed E-state index contributed by atoms with van der Waals surface area (Å²) in [7, 11) is 0. The molecular weight excluding hydrogens is 292 g/mol. The molecule has 2 aromatic heterocycles. The Labute approximate surface area is 135 Å². The van der Waals surface area contributed by atoms with Crippen molar-refractivity contribution >= 4 is 11.6 Å². The van der Waals surface area contributed by atoms with E-state index in [0.717, 1.165) is 43.1 Å². The number of rotatable bonds is 5. The molecule has 0 radical (unpaired) electrons. The summed E-state index contributed by atoms with van der Waals surface area (Å²) in [4.78, 5) is 21.2. The second-order valence-corrected chi connectivity index (χ2v) is 5.94. The number of aryl methyl sites for hydroxylation is 2. The Bertz CT molecular complexity index is 649. The average molecular weight is 314 g/mol. The molecule has 0 aromatic carbocycles. The summed E-state index contributed by atoms with van der Waals surface area (Å²) < 4.78 is 0.